The van der Waals surface area contributed by atoms with Crippen molar-refractivity contribution in [3.63, 3.8) is 0 Å². The van der Waals surface area contributed by atoms with Crippen LogP contribution < -0.4 is 11.1 Å². The van der Waals surface area contributed by atoms with Crippen molar-refractivity contribution < 1.29 is 10.0 Å². The molecule has 1 fully saturated rings. The number of nitrogens with two attached hydrogens (primary N) is 1. The molecule has 1 aliphatic rings. The monoisotopic (exact) mass is 228 g/mol. The Labute approximate surface area is 95.5 Å². The van der Waals surface area contributed by atoms with Gasteiger partial charge in [-0.2, -0.15) is 0 Å². The Hall–Kier alpha value is -1.30. The SMILES string of the molecule is CC(CC(N)=NO)NC1CCC(=O)N(C)C1. The van der Waals surface area contributed by atoms with Gasteiger partial charge >= 0.3 is 0 Å². The third-order valence-corrected chi connectivity index (χ3v) is 2.79. The van der Waals surface area contributed by atoms with E-state index >= 15 is 0 Å². The van der Waals surface area contributed by atoms with Gasteiger partial charge in [0.1, 0.15) is 5.84 Å². The molecule has 0 aromatic rings. The molecule has 1 saturated heterocycles. The van der Waals surface area contributed by atoms with Gasteiger partial charge in [-0.05, 0) is 13.3 Å². The van der Waals surface area contributed by atoms with E-state index in [1.54, 1.807) is 4.90 Å². The lowest BCUT2D eigenvalue weighted by atomic mass is 10.0. The van der Waals surface area contributed by atoms with E-state index in [-0.39, 0.29) is 17.8 Å². The van der Waals surface area contributed by atoms with Gasteiger partial charge in [0.2, 0.25) is 5.91 Å². The van der Waals surface area contributed by atoms with Gasteiger partial charge in [0.25, 0.3) is 0 Å². The van der Waals surface area contributed by atoms with Crippen LogP contribution in [0.15, 0.2) is 5.16 Å². The fraction of sp³-hybridized carbons (Fsp3) is 0.800. The Kier molecular flexibility index (Phi) is 4.54. The molecule has 6 heteroatoms. The summed E-state index contributed by atoms with van der Waals surface area (Å²) in [6.07, 6.45) is 1.94. The van der Waals surface area contributed by atoms with Crippen molar-refractivity contribution in [1.82, 2.24) is 10.2 Å². The van der Waals surface area contributed by atoms with E-state index in [4.69, 9.17) is 10.9 Å². The first-order valence-corrected chi connectivity index (χ1v) is 5.49. The lowest BCUT2D eigenvalue weighted by Gasteiger charge is -2.32. The van der Waals surface area contributed by atoms with Crippen molar-refractivity contribution in [2.75, 3.05) is 13.6 Å². The lowest BCUT2D eigenvalue weighted by Crippen LogP contribution is -2.49. The first kappa shape index (κ1) is 12.8. The van der Waals surface area contributed by atoms with Gasteiger partial charge in [-0.1, -0.05) is 5.16 Å². The fourth-order valence-electron chi connectivity index (χ4n) is 1.96. The number of carbonyl (C=O) groups excluding carboxylic acids is 1. The van der Waals surface area contributed by atoms with Gasteiger partial charge in [-0.25, -0.2) is 0 Å². The third-order valence-electron chi connectivity index (χ3n) is 2.79. The molecular formula is C10H20N4O2. The highest BCUT2D eigenvalue weighted by molar-refractivity contribution is 5.80. The van der Waals surface area contributed by atoms with Gasteiger partial charge < -0.3 is 21.2 Å². The quantitative estimate of drug-likeness (QED) is 0.267. The maximum atomic E-state index is 11.3. The number of carbonyl (C=O) groups is 1. The number of amides is 1. The first-order chi connectivity index (χ1) is 7.52. The van der Waals surface area contributed by atoms with Gasteiger partial charge in [0, 0.05) is 38.5 Å². The number of oxime groups is 1. The summed E-state index contributed by atoms with van der Waals surface area (Å²) in [4.78, 5) is 13.0. The minimum Gasteiger partial charge on any atom is -0.409 e. The zero-order valence-electron chi connectivity index (χ0n) is 9.81. The molecule has 92 valence electrons. The van der Waals surface area contributed by atoms with Crippen molar-refractivity contribution in [2.45, 2.75) is 38.3 Å². The van der Waals surface area contributed by atoms with Crippen LogP contribution in [0, 0.1) is 0 Å². The Bertz CT molecular complexity index is 280. The molecule has 4 N–H and O–H groups in total. The predicted molar refractivity (Wildman–Crippen MR) is 61.3 cm³/mol. The van der Waals surface area contributed by atoms with Crippen molar-refractivity contribution in [2.24, 2.45) is 10.9 Å². The van der Waals surface area contributed by atoms with Crippen LogP contribution in [-0.2, 0) is 4.79 Å². The smallest absolute Gasteiger partial charge is 0.222 e. The maximum Gasteiger partial charge on any atom is 0.222 e. The summed E-state index contributed by atoms with van der Waals surface area (Å²) in [5, 5.41) is 14.8. The molecule has 16 heavy (non-hydrogen) atoms. The van der Waals surface area contributed by atoms with Crippen LogP contribution in [0.25, 0.3) is 0 Å². The molecule has 0 aromatic heterocycles. The number of hydrogen-bond donors (Lipinski definition) is 3. The molecule has 0 spiro atoms. The highest BCUT2D eigenvalue weighted by Gasteiger charge is 2.23. The standard InChI is InChI=1S/C10H20N4O2/c1-7(5-9(11)13-16)12-8-3-4-10(15)14(2)6-8/h7-8,12,16H,3-6H2,1-2H3,(H2,11,13). The van der Waals surface area contributed by atoms with E-state index in [0.29, 0.717) is 18.9 Å². The van der Waals surface area contributed by atoms with Gasteiger partial charge in [-0.15, -0.1) is 0 Å². The zero-order valence-corrected chi connectivity index (χ0v) is 9.81. The Balaban J connectivity index is 2.34. The highest BCUT2D eigenvalue weighted by atomic mass is 16.4. The molecule has 1 aliphatic heterocycles. The highest BCUT2D eigenvalue weighted by Crippen LogP contribution is 2.10. The summed E-state index contributed by atoms with van der Waals surface area (Å²) in [6, 6.07) is 0.437. The maximum absolute atomic E-state index is 11.3. The molecule has 0 radical (unpaired) electrons. The third kappa shape index (κ3) is 3.69. The summed E-state index contributed by atoms with van der Waals surface area (Å²) in [5.41, 5.74) is 5.42. The average molecular weight is 228 g/mol. The molecule has 0 aromatic carbocycles. The number of likely N-dealkylation sites (tertiary alicyclic amines) is 1. The van der Waals surface area contributed by atoms with Gasteiger partial charge in [0.15, 0.2) is 0 Å². The second kappa shape index (κ2) is 5.69. The number of nitrogens with one attached hydrogen (secondary N) is 1. The van der Waals surface area contributed by atoms with Crippen molar-refractivity contribution in [3.8, 4) is 0 Å². The number of likely N-dealkylation sites (N-methyl/N-ethyl adjacent to an activating group) is 1. The topological polar surface area (TPSA) is 91.0 Å². The predicted octanol–water partition coefficient (Wildman–Crippen LogP) is -0.278. The normalized spacial score (nSPS) is 24.6. The second-order valence-corrected chi connectivity index (χ2v) is 4.37. The van der Waals surface area contributed by atoms with Crippen LogP contribution in [0.3, 0.4) is 0 Å². The van der Waals surface area contributed by atoms with Gasteiger partial charge in [-0.3, -0.25) is 4.79 Å². The van der Waals surface area contributed by atoms with Crippen LogP contribution >= 0.6 is 0 Å². The number of amidine groups is 1. The summed E-state index contributed by atoms with van der Waals surface area (Å²) in [6.45, 7) is 2.70. The summed E-state index contributed by atoms with van der Waals surface area (Å²) in [7, 11) is 1.81. The van der Waals surface area contributed by atoms with Crippen molar-refractivity contribution in [1.29, 1.82) is 0 Å². The molecule has 1 amide bonds. The van der Waals surface area contributed by atoms with Crippen molar-refractivity contribution >= 4 is 11.7 Å². The molecule has 0 aliphatic carbocycles. The van der Waals surface area contributed by atoms with Crippen LogP contribution in [0.4, 0.5) is 0 Å². The molecule has 2 unspecified atom stereocenters. The molecule has 1 rings (SSSR count). The van der Waals surface area contributed by atoms with E-state index in [1.165, 1.54) is 0 Å². The fourth-order valence-corrected chi connectivity index (χ4v) is 1.96. The number of hydrogen-bond acceptors (Lipinski definition) is 4. The van der Waals surface area contributed by atoms with E-state index in [9.17, 15) is 4.79 Å². The van der Waals surface area contributed by atoms with Crippen LogP contribution in [0.2, 0.25) is 0 Å². The van der Waals surface area contributed by atoms with E-state index < -0.39 is 0 Å². The Morgan fingerprint density at radius 1 is 1.81 bits per heavy atom. The largest absolute Gasteiger partial charge is 0.409 e. The number of rotatable bonds is 4. The number of nitrogens with zero attached hydrogens (tertiary/aromatic N) is 2. The minimum atomic E-state index is 0.141. The first-order valence-electron chi connectivity index (χ1n) is 5.49. The molecule has 0 bridgehead atoms. The Morgan fingerprint density at radius 2 is 2.50 bits per heavy atom. The molecule has 0 saturated carbocycles. The summed E-state index contributed by atoms with van der Waals surface area (Å²) < 4.78 is 0. The van der Waals surface area contributed by atoms with E-state index in [0.717, 1.165) is 13.0 Å². The molecule has 6 nitrogen and oxygen atoms in total. The molecular weight excluding hydrogens is 208 g/mol. The summed E-state index contributed by atoms with van der Waals surface area (Å²) in [5.74, 6) is 0.419. The van der Waals surface area contributed by atoms with Crippen LogP contribution in [0.1, 0.15) is 26.2 Å². The van der Waals surface area contributed by atoms with E-state index in [2.05, 4.69) is 10.5 Å². The van der Waals surface area contributed by atoms with Gasteiger partial charge in [0.05, 0.1) is 0 Å². The Morgan fingerprint density at radius 3 is 3.06 bits per heavy atom. The summed E-state index contributed by atoms with van der Waals surface area (Å²) >= 11 is 0. The van der Waals surface area contributed by atoms with Crippen LogP contribution in [0.5, 0.6) is 0 Å². The molecule has 1 heterocycles. The number of piperidine rings is 1. The van der Waals surface area contributed by atoms with Crippen molar-refractivity contribution in [3.05, 3.63) is 0 Å². The zero-order chi connectivity index (χ0) is 12.1. The second-order valence-electron chi connectivity index (χ2n) is 4.37. The average Bonchev–Trinajstić information content (AvgIpc) is 2.23. The van der Waals surface area contributed by atoms with Crippen LogP contribution in [-0.4, -0.2) is 47.5 Å². The lowest BCUT2D eigenvalue weighted by molar-refractivity contribution is -0.132. The molecule has 2 atom stereocenters. The van der Waals surface area contributed by atoms with E-state index in [1.807, 2.05) is 14.0 Å². The minimum absolute atomic E-state index is 0.141.